The topological polar surface area (TPSA) is 46.5 Å². The van der Waals surface area contributed by atoms with E-state index in [1.807, 2.05) is 18.2 Å². The van der Waals surface area contributed by atoms with E-state index in [2.05, 4.69) is 129 Å². The molecule has 186 valence electrons. The van der Waals surface area contributed by atoms with Crippen molar-refractivity contribution in [2.45, 2.75) is 0 Å². The second kappa shape index (κ2) is 8.69. The standard InChI is InChI=1S/C36H22N4/c37-23-31-27(16-9-21-38-31)24-10-8-13-26(22-24)39-33-18-7-5-15-30(33)35-34(39)20-19-29-28-14-4-6-17-32(28)40(36(29)35)25-11-2-1-3-12-25/h1-22H. The molecule has 8 aromatic rings. The highest BCUT2D eigenvalue weighted by Gasteiger charge is 2.20. The fourth-order valence-corrected chi connectivity index (χ4v) is 6.17. The molecule has 0 aliphatic carbocycles. The van der Waals surface area contributed by atoms with E-state index in [0.717, 1.165) is 33.5 Å². The first-order valence-corrected chi connectivity index (χ1v) is 13.3. The summed E-state index contributed by atoms with van der Waals surface area (Å²) in [6.45, 7) is 0. The third-order valence-corrected chi connectivity index (χ3v) is 7.81. The molecule has 0 bridgehead atoms. The molecule has 0 aliphatic rings. The van der Waals surface area contributed by atoms with Gasteiger partial charge < -0.3 is 9.13 Å². The average molecular weight is 511 g/mol. The van der Waals surface area contributed by atoms with Crippen LogP contribution in [0.4, 0.5) is 0 Å². The van der Waals surface area contributed by atoms with Crippen LogP contribution in [0.2, 0.25) is 0 Å². The zero-order valence-corrected chi connectivity index (χ0v) is 21.5. The lowest BCUT2D eigenvalue weighted by atomic mass is 10.0. The van der Waals surface area contributed by atoms with Crippen LogP contribution in [0, 0.1) is 11.3 Å². The number of hydrogen-bond acceptors (Lipinski definition) is 2. The lowest BCUT2D eigenvalue weighted by Gasteiger charge is -2.11. The van der Waals surface area contributed by atoms with Gasteiger partial charge in [-0.15, -0.1) is 0 Å². The van der Waals surface area contributed by atoms with Crippen LogP contribution >= 0.6 is 0 Å². The van der Waals surface area contributed by atoms with Crippen LogP contribution in [0.1, 0.15) is 5.69 Å². The number of para-hydroxylation sites is 3. The molecule has 0 N–H and O–H groups in total. The molecule has 0 unspecified atom stereocenters. The average Bonchev–Trinajstić information content (AvgIpc) is 3.54. The summed E-state index contributed by atoms with van der Waals surface area (Å²) in [6, 6.07) is 46.8. The van der Waals surface area contributed by atoms with Crippen molar-refractivity contribution in [2.75, 3.05) is 0 Å². The van der Waals surface area contributed by atoms with E-state index >= 15 is 0 Å². The van der Waals surface area contributed by atoms with Crippen molar-refractivity contribution < 1.29 is 0 Å². The van der Waals surface area contributed by atoms with Gasteiger partial charge in [-0.25, -0.2) is 4.98 Å². The van der Waals surface area contributed by atoms with Crippen molar-refractivity contribution in [1.82, 2.24) is 14.1 Å². The SMILES string of the molecule is N#Cc1ncccc1-c1cccc(-n2c3ccccc3c3c2ccc2c4ccccc4n(-c4ccccc4)c23)c1. The molecule has 0 spiro atoms. The minimum atomic E-state index is 0.427. The van der Waals surface area contributed by atoms with Crippen LogP contribution in [-0.4, -0.2) is 14.1 Å². The van der Waals surface area contributed by atoms with E-state index in [1.54, 1.807) is 6.20 Å². The van der Waals surface area contributed by atoms with Crippen molar-refractivity contribution in [3.8, 4) is 28.6 Å². The second-order valence-corrected chi connectivity index (χ2v) is 9.96. The van der Waals surface area contributed by atoms with Crippen LogP contribution in [0.5, 0.6) is 0 Å². The van der Waals surface area contributed by atoms with Gasteiger partial charge in [-0.3, -0.25) is 0 Å². The van der Waals surface area contributed by atoms with Crippen LogP contribution < -0.4 is 0 Å². The Morgan fingerprint density at radius 3 is 2.10 bits per heavy atom. The molecule has 0 amide bonds. The van der Waals surface area contributed by atoms with Gasteiger partial charge in [-0.05, 0) is 60.2 Å². The Kier molecular flexibility index (Phi) is 4.85. The minimum Gasteiger partial charge on any atom is -0.309 e. The molecule has 3 heterocycles. The summed E-state index contributed by atoms with van der Waals surface area (Å²) in [5.41, 5.74) is 9.07. The van der Waals surface area contributed by atoms with E-state index in [0.29, 0.717) is 5.69 Å². The molecular weight excluding hydrogens is 488 g/mol. The maximum Gasteiger partial charge on any atom is 0.148 e. The quantitative estimate of drug-likeness (QED) is 0.238. The van der Waals surface area contributed by atoms with Gasteiger partial charge in [0.1, 0.15) is 11.8 Å². The Balaban J connectivity index is 1.51. The van der Waals surface area contributed by atoms with Crippen LogP contribution in [0.3, 0.4) is 0 Å². The summed E-state index contributed by atoms with van der Waals surface area (Å²) in [5, 5.41) is 14.6. The van der Waals surface area contributed by atoms with Gasteiger partial charge in [0.25, 0.3) is 0 Å². The van der Waals surface area contributed by atoms with E-state index in [9.17, 15) is 5.26 Å². The van der Waals surface area contributed by atoms with Crippen molar-refractivity contribution in [3.63, 3.8) is 0 Å². The molecule has 4 heteroatoms. The first-order valence-electron chi connectivity index (χ1n) is 13.3. The Bertz CT molecular complexity index is 2280. The van der Waals surface area contributed by atoms with E-state index in [-0.39, 0.29) is 0 Å². The molecule has 8 rings (SSSR count). The number of nitriles is 1. The number of aromatic nitrogens is 3. The summed E-state index contributed by atoms with van der Waals surface area (Å²) in [6.07, 6.45) is 1.66. The Labute approximate surface area is 230 Å². The normalized spacial score (nSPS) is 11.5. The summed E-state index contributed by atoms with van der Waals surface area (Å²) in [7, 11) is 0. The van der Waals surface area contributed by atoms with Gasteiger partial charge >= 0.3 is 0 Å². The van der Waals surface area contributed by atoms with E-state index < -0.39 is 0 Å². The lowest BCUT2D eigenvalue weighted by molar-refractivity contribution is 1.17. The molecule has 5 aromatic carbocycles. The van der Waals surface area contributed by atoms with Crippen molar-refractivity contribution in [3.05, 3.63) is 139 Å². The molecule has 0 atom stereocenters. The molecule has 40 heavy (non-hydrogen) atoms. The third kappa shape index (κ3) is 3.15. The maximum absolute atomic E-state index is 9.68. The predicted octanol–water partition coefficient (Wildman–Crippen LogP) is 8.81. The number of benzene rings is 5. The van der Waals surface area contributed by atoms with Gasteiger partial charge in [-0.2, -0.15) is 5.26 Å². The number of fused-ring (bicyclic) bond motifs is 7. The summed E-state index contributed by atoms with van der Waals surface area (Å²) in [5.74, 6) is 0. The summed E-state index contributed by atoms with van der Waals surface area (Å²) in [4.78, 5) is 4.29. The molecule has 0 aliphatic heterocycles. The van der Waals surface area contributed by atoms with Gasteiger partial charge in [-0.1, -0.05) is 72.8 Å². The number of nitrogens with zero attached hydrogens (tertiary/aromatic N) is 4. The Morgan fingerprint density at radius 2 is 1.27 bits per heavy atom. The van der Waals surface area contributed by atoms with Crippen molar-refractivity contribution in [2.24, 2.45) is 0 Å². The fraction of sp³-hybridized carbons (Fsp3) is 0. The molecule has 3 aromatic heterocycles. The summed E-state index contributed by atoms with van der Waals surface area (Å²) >= 11 is 0. The highest BCUT2D eigenvalue weighted by atomic mass is 15.0. The van der Waals surface area contributed by atoms with Crippen molar-refractivity contribution >= 4 is 43.6 Å². The highest BCUT2D eigenvalue weighted by molar-refractivity contribution is 6.26. The first-order chi connectivity index (χ1) is 19.8. The molecular formula is C36H22N4. The van der Waals surface area contributed by atoms with Crippen LogP contribution in [0.15, 0.2) is 134 Å². The number of pyridine rings is 1. The monoisotopic (exact) mass is 510 g/mol. The second-order valence-electron chi connectivity index (χ2n) is 9.96. The predicted molar refractivity (Wildman–Crippen MR) is 163 cm³/mol. The lowest BCUT2D eigenvalue weighted by Crippen LogP contribution is -1.96. The molecule has 4 nitrogen and oxygen atoms in total. The van der Waals surface area contributed by atoms with Crippen LogP contribution in [-0.2, 0) is 0 Å². The highest BCUT2D eigenvalue weighted by Crippen LogP contribution is 2.42. The molecule has 0 saturated carbocycles. The number of hydrogen-bond donors (Lipinski definition) is 0. The van der Waals surface area contributed by atoms with E-state index in [4.69, 9.17) is 0 Å². The molecule has 0 saturated heterocycles. The smallest absolute Gasteiger partial charge is 0.148 e. The maximum atomic E-state index is 9.68. The zero-order chi connectivity index (χ0) is 26.6. The summed E-state index contributed by atoms with van der Waals surface area (Å²) < 4.78 is 4.73. The van der Waals surface area contributed by atoms with Crippen molar-refractivity contribution in [1.29, 1.82) is 5.26 Å². The zero-order valence-electron chi connectivity index (χ0n) is 21.5. The largest absolute Gasteiger partial charge is 0.309 e. The number of rotatable bonds is 3. The van der Waals surface area contributed by atoms with Gasteiger partial charge in [0.2, 0.25) is 0 Å². The van der Waals surface area contributed by atoms with Crippen LogP contribution in [0.25, 0.3) is 66.1 Å². The Hall–Kier alpha value is -5.66. The fourth-order valence-electron chi connectivity index (χ4n) is 6.17. The Morgan fingerprint density at radius 1 is 0.550 bits per heavy atom. The van der Waals surface area contributed by atoms with Gasteiger partial charge in [0, 0.05) is 44.7 Å². The van der Waals surface area contributed by atoms with E-state index in [1.165, 1.54) is 32.6 Å². The third-order valence-electron chi connectivity index (χ3n) is 7.81. The minimum absolute atomic E-state index is 0.427. The first kappa shape index (κ1) is 22.3. The molecule has 0 radical (unpaired) electrons. The van der Waals surface area contributed by atoms with Gasteiger partial charge in [0.15, 0.2) is 0 Å². The van der Waals surface area contributed by atoms with Gasteiger partial charge in [0.05, 0.1) is 22.1 Å². The molecule has 0 fully saturated rings.